The Morgan fingerprint density at radius 1 is 1.07 bits per heavy atom. The van der Waals surface area contributed by atoms with Crippen molar-refractivity contribution in [3.63, 3.8) is 0 Å². The molecule has 4 aromatic rings. The third kappa shape index (κ3) is 3.10. The molecule has 6 nitrogen and oxygen atoms in total. The molecule has 142 valence electrons. The van der Waals surface area contributed by atoms with Crippen molar-refractivity contribution in [2.45, 2.75) is 6.92 Å². The van der Waals surface area contributed by atoms with Gasteiger partial charge in [-0.25, -0.2) is 4.99 Å². The molecule has 0 bridgehead atoms. The number of H-pyrrole nitrogens is 2. The molecule has 29 heavy (non-hydrogen) atoms. The fourth-order valence-corrected chi connectivity index (χ4v) is 3.44. The molecule has 1 aliphatic heterocycles. The number of rotatable bonds is 3. The van der Waals surface area contributed by atoms with Crippen LogP contribution in [0.1, 0.15) is 12.5 Å². The zero-order valence-corrected chi connectivity index (χ0v) is 16.0. The fraction of sp³-hybridized carbons (Fsp3) is 0.0435. The summed E-state index contributed by atoms with van der Waals surface area (Å²) in [6.45, 7) is 6.21. The molecule has 0 spiro atoms. The molecule has 2 aromatic heterocycles. The highest BCUT2D eigenvalue weighted by molar-refractivity contribution is 6.11. The van der Waals surface area contributed by atoms with Gasteiger partial charge in [0.1, 0.15) is 0 Å². The van der Waals surface area contributed by atoms with Crippen LogP contribution in [-0.2, 0) is 0 Å². The maximum Gasteiger partial charge on any atom is 0.154 e. The smallest absolute Gasteiger partial charge is 0.154 e. The number of hydrogen-bond donors (Lipinski definition) is 3. The van der Waals surface area contributed by atoms with Crippen molar-refractivity contribution in [3.8, 4) is 0 Å². The van der Waals surface area contributed by atoms with Crippen LogP contribution >= 0.6 is 0 Å². The molecule has 0 aliphatic carbocycles. The molecule has 0 radical (unpaired) electrons. The molecule has 2 aromatic carbocycles. The van der Waals surface area contributed by atoms with Gasteiger partial charge in [0.25, 0.3) is 0 Å². The van der Waals surface area contributed by atoms with E-state index < -0.39 is 0 Å². The highest BCUT2D eigenvalue weighted by Crippen LogP contribution is 2.28. The number of nitrogens with zero attached hydrogens (tertiary/aromatic N) is 3. The number of hydrogen-bond acceptors (Lipinski definition) is 4. The Morgan fingerprint density at radius 2 is 2.00 bits per heavy atom. The minimum atomic E-state index is 0.709. The van der Waals surface area contributed by atoms with Crippen molar-refractivity contribution in [2.24, 2.45) is 4.99 Å². The maximum absolute atomic E-state index is 4.87. The van der Waals surface area contributed by atoms with E-state index in [9.17, 15) is 0 Å². The van der Waals surface area contributed by atoms with Crippen LogP contribution in [0.4, 0.5) is 5.69 Å². The van der Waals surface area contributed by atoms with E-state index in [1.54, 1.807) is 0 Å². The zero-order valence-electron chi connectivity index (χ0n) is 16.0. The Labute approximate surface area is 168 Å². The summed E-state index contributed by atoms with van der Waals surface area (Å²) in [7, 11) is 0. The number of aromatic amines is 2. The molecule has 5 rings (SSSR count). The number of allylic oxidation sites excluding steroid dienone is 1. The molecule has 0 atom stereocenters. The highest BCUT2D eigenvalue weighted by atomic mass is 15.2. The van der Waals surface area contributed by atoms with Crippen LogP contribution in [0.5, 0.6) is 0 Å². The Bertz CT molecular complexity index is 1320. The van der Waals surface area contributed by atoms with Gasteiger partial charge in [0, 0.05) is 46.1 Å². The van der Waals surface area contributed by atoms with Gasteiger partial charge in [-0.2, -0.15) is 5.10 Å². The fourth-order valence-electron chi connectivity index (χ4n) is 3.44. The summed E-state index contributed by atoms with van der Waals surface area (Å²) in [5.41, 5.74) is 5.67. The van der Waals surface area contributed by atoms with Gasteiger partial charge in [0.05, 0.1) is 23.1 Å². The van der Waals surface area contributed by atoms with E-state index in [0.29, 0.717) is 5.84 Å². The number of aromatic nitrogens is 3. The standard InChI is InChI=1S/C23H20N6/c1-3-10-29-14-22(16-4-5-18-13-25-28-21(18)12-16)27-23(15(29)2)26-19-6-7-20-17(11-19)8-9-24-20/h3-14,24H,2H2,1H3,(H,25,28)(H,26,27)/b10-3-. The van der Waals surface area contributed by atoms with Crippen molar-refractivity contribution in [2.75, 3.05) is 5.32 Å². The Morgan fingerprint density at radius 3 is 2.90 bits per heavy atom. The number of anilines is 1. The van der Waals surface area contributed by atoms with Gasteiger partial charge in [-0.05, 0) is 37.3 Å². The predicted molar refractivity (Wildman–Crippen MR) is 119 cm³/mol. The first-order valence-electron chi connectivity index (χ1n) is 9.40. The van der Waals surface area contributed by atoms with Crippen LogP contribution < -0.4 is 5.32 Å². The van der Waals surface area contributed by atoms with Crippen LogP contribution in [-0.4, -0.2) is 25.9 Å². The lowest BCUT2D eigenvalue weighted by Gasteiger charge is -2.26. The second-order valence-corrected chi connectivity index (χ2v) is 6.89. The summed E-state index contributed by atoms with van der Waals surface area (Å²) < 4.78 is 0. The molecular formula is C23H20N6. The van der Waals surface area contributed by atoms with Gasteiger partial charge in [-0.1, -0.05) is 24.8 Å². The van der Waals surface area contributed by atoms with Gasteiger partial charge in [0.15, 0.2) is 5.84 Å². The summed E-state index contributed by atoms with van der Waals surface area (Å²) in [6, 6.07) is 14.4. The molecule has 6 heteroatoms. The number of amidine groups is 1. The summed E-state index contributed by atoms with van der Waals surface area (Å²) in [6.07, 6.45) is 9.69. The van der Waals surface area contributed by atoms with E-state index in [0.717, 1.165) is 44.5 Å². The van der Waals surface area contributed by atoms with Crippen LogP contribution in [0.25, 0.3) is 27.5 Å². The summed E-state index contributed by atoms with van der Waals surface area (Å²) >= 11 is 0. The quantitative estimate of drug-likeness (QED) is 0.456. The summed E-state index contributed by atoms with van der Waals surface area (Å²) in [5, 5.41) is 12.8. The van der Waals surface area contributed by atoms with E-state index in [-0.39, 0.29) is 0 Å². The van der Waals surface area contributed by atoms with E-state index >= 15 is 0 Å². The molecule has 0 unspecified atom stereocenters. The SMILES string of the molecule is C=C1C(Nc2ccc3[nH]ccc3c2)=NC(c2ccc3cn[nH]c3c2)=CN1/C=C\C. The molecule has 0 saturated heterocycles. The van der Waals surface area contributed by atoms with Gasteiger partial charge >= 0.3 is 0 Å². The van der Waals surface area contributed by atoms with Crippen LogP contribution in [0.3, 0.4) is 0 Å². The van der Waals surface area contributed by atoms with Gasteiger partial charge in [-0.3, -0.25) is 5.10 Å². The second-order valence-electron chi connectivity index (χ2n) is 6.89. The second kappa shape index (κ2) is 6.83. The van der Waals surface area contributed by atoms with Crippen LogP contribution in [0.2, 0.25) is 0 Å². The van der Waals surface area contributed by atoms with Crippen molar-refractivity contribution in [3.05, 3.63) is 91.2 Å². The van der Waals surface area contributed by atoms with Gasteiger partial charge in [-0.15, -0.1) is 0 Å². The largest absolute Gasteiger partial charge is 0.361 e. The third-order valence-electron chi connectivity index (χ3n) is 4.94. The summed E-state index contributed by atoms with van der Waals surface area (Å²) in [4.78, 5) is 10.1. The van der Waals surface area contributed by atoms with Crippen LogP contribution in [0.15, 0.2) is 90.6 Å². The van der Waals surface area contributed by atoms with Gasteiger partial charge in [0.2, 0.25) is 0 Å². The number of fused-ring (bicyclic) bond motifs is 2. The Balaban J connectivity index is 1.54. The Kier molecular flexibility index (Phi) is 4.02. The lowest BCUT2D eigenvalue weighted by atomic mass is 10.1. The monoisotopic (exact) mass is 380 g/mol. The van der Waals surface area contributed by atoms with E-state index in [4.69, 9.17) is 4.99 Å². The van der Waals surface area contributed by atoms with Crippen molar-refractivity contribution < 1.29 is 0 Å². The van der Waals surface area contributed by atoms with E-state index in [2.05, 4.69) is 57.4 Å². The van der Waals surface area contributed by atoms with Crippen molar-refractivity contribution in [1.29, 1.82) is 0 Å². The Hall–Kier alpha value is -4.06. The molecule has 0 saturated carbocycles. The predicted octanol–water partition coefficient (Wildman–Crippen LogP) is 5.22. The summed E-state index contributed by atoms with van der Waals surface area (Å²) in [5.74, 6) is 0.709. The van der Waals surface area contributed by atoms with E-state index in [1.807, 2.05) is 54.8 Å². The highest BCUT2D eigenvalue weighted by Gasteiger charge is 2.18. The molecule has 1 aliphatic rings. The molecule has 0 amide bonds. The number of benzene rings is 2. The molecule has 3 N–H and O–H groups in total. The minimum Gasteiger partial charge on any atom is -0.361 e. The average Bonchev–Trinajstić information content (AvgIpc) is 3.39. The maximum atomic E-state index is 4.87. The van der Waals surface area contributed by atoms with E-state index in [1.165, 1.54) is 0 Å². The number of nitrogens with one attached hydrogen (secondary N) is 3. The number of aliphatic imine (C=N–C) groups is 1. The topological polar surface area (TPSA) is 72.1 Å². The first kappa shape index (κ1) is 17.1. The minimum absolute atomic E-state index is 0.709. The molecular weight excluding hydrogens is 360 g/mol. The zero-order chi connectivity index (χ0) is 19.8. The normalized spacial score (nSPS) is 14.7. The van der Waals surface area contributed by atoms with Crippen molar-refractivity contribution in [1.82, 2.24) is 20.1 Å². The van der Waals surface area contributed by atoms with Crippen LogP contribution in [0, 0.1) is 0 Å². The van der Waals surface area contributed by atoms with Gasteiger partial charge < -0.3 is 15.2 Å². The average molecular weight is 380 g/mol. The molecule has 0 fully saturated rings. The lowest BCUT2D eigenvalue weighted by molar-refractivity contribution is 0.658. The van der Waals surface area contributed by atoms with Crippen molar-refractivity contribution >= 4 is 39.0 Å². The third-order valence-corrected chi connectivity index (χ3v) is 4.94. The molecule has 3 heterocycles. The lowest BCUT2D eigenvalue weighted by Crippen LogP contribution is -2.26. The first-order valence-corrected chi connectivity index (χ1v) is 9.40. The first-order chi connectivity index (χ1) is 14.2.